The van der Waals surface area contributed by atoms with Crippen molar-refractivity contribution in [3.63, 3.8) is 0 Å². The van der Waals surface area contributed by atoms with Gasteiger partial charge in [-0.2, -0.15) is 0 Å². The Morgan fingerprint density at radius 1 is 1.35 bits per heavy atom. The normalized spacial score (nSPS) is 12.2. The molecule has 1 unspecified atom stereocenters. The number of hydrogen-bond donors (Lipinski definition) is 2. The van der Waals surface area contributed by atoms with Gasteiger partial charge in [0.25, 0.3) is 5.91 Å². The van der Waals surface area contributed by atoms with E-state index >= 15 is 0 Å². The first-order valence-corrected chi connectivity index (χ1v) is 6.81. The van der Waals surface area contributed by atoms with Gasteiger partial charge in [0.1, 0.15) is 5.76 Å². The number of furan rings is 1. The summed E-state index contributed by atoms with van der Waals surface area (Å²) >= 11 is 11.9. The lowest BCUT2D eigenvalue weighted by atomic mass is 10.1. The third kappa shape index (κ3) is 3.33. The summed E-state index contributed by atoms with van der Waals surface area (Å²) in [4.78, 5) is 12.0. The van der Waals surface area contributed by atoms with E-state index in [1.807, 2.05) is 6.92 Å². The van der Waals surface area contributed by atoms with Gasteiger partial charge in [0, 0.05) is 10.0 Å². The molecule has 1 aromatic carbocycles. The maximum absolute atomic E-state index is 12.0. The van der Waals surface area contributed by atoms with Crippen LogP contribution in [-0.4, -0.2) is 5.91 Å². The van der Waals surface area contributed by atoms with Crippen LogP contribution in [-0.2, 0) is 6.54 Å². The summed E-state index contributed by atoms with van der Waals surface area (Å²) in [7, 11) is 0. The van der Waals surface area contributed by atoms with Crippen molar-refractivity contribution in [3.05, 3.63) is 57.5 Å². The number of halogens is 2. The molecule has 0 aliphatic rings. The third-order valence-corrected chi connectivity index (χ3v) is 3.43. The first-order chi connectivity index (χ1) is 9.51. The summed E-state index contributed by atoms with van der Waals surface area (Å²) in [5, 5.41) is 3.87. The Bertz CT molecular complexity index is 625. The van der Waals surface area contributed by atoms with E-state index in [4.69, 9.17) is 33.4 Å². The largest absolute Gasteiger partial charge is 0.455 e. The van der Waals surface area contributed by atoms with Gasteiger partial charge < -0.3 is 15.5 Å². The van der Waals surface area contributed by atoms with Gasteiger partial charge in [-0.25, -0.2) is 0 Å². The highest BCUT2D eigenvalue weighted by atomic mass is 35.5. The number of nitrogens with two attached hydrogens (primary N) is 1. The quantitative estimate of drug-likeness (QED) is 0.907. The molecule has 20 heavy (non-hydrogen) atoms. The highest BCUT2D eigenvalue weighted by molar-refractivity contribution is 6.35. The van der Waals surface area contributed by atoms with E-state index in [0.717, 1.165) is 5.56 Å². The number of carbonyl (C=O) groups is 1. The summed E-state index contributed by atoms with van der Waals surface area (Å²) in [5.74, 6) is 0.470. The van der Waals surface area contributed by atoms with Crippen LogP contribution in [0.1, 0.15) is 34.8 Å². The van der Waals surface area contributed by atoms with Crippen LogP contribution in [0.4, 0.5) is 0 Å². The second-order valence-corrected chi connectivity index (χ2v) is 5.17. The van der Waals surface area contributed by atoms with Crippen molar-refractivity contribution in [1.29, 1.82) is 0 Å². The van der Waals surface area contributed by atoms with Crippen LogP contribution in [0.15, 0.2) is 34.7 Å². The maximum atomic E-state index is 12.0. The number of carbonyl (C=O) groups excluding carboxylic acids is 1. The van der Waals surface area contributed by atoms with Crippen LogP contribution in [0.2, 0.25) is 10.0 Å². The Kier molecular flexibility index (Phi) is 4.70. The summed E-state index contributed by atoms with van der Waals surface area (Å²) in [5.41, 5.74) is 6.22. The molecule has 0 fully saturated rings. The van der Waals surface area contributed by atoms with E-state index in [1.54, 1.807) is 30.3 Å². The lowest BCUT2D eigenvalue weighted by Gasteiger charge is -2.15. The van der Waals surface area contributed by atoms with Gasteiger partial charge in [0.05, 0.1) is 12.6 Å². The number of rotatable bonds is 4. The molecule has 106 valence electrons. The first-order valence-electron chi connectivity index (χ1n) is 6.06. The molecule has 1 heterocycles. The Morgan fingerprint density at radius 2 is 2.10 bits per heavy atom. The molecule has 0 radical (unpaired) electrons. The first kappa shape index (κ1) is 14.9. The minimum atomic E-state index is -0.316. The van der Waals surface area contributed by atoms with E-state index in [-0.39, 0.29) is 24.3 Å². The monoisotopic (exact) mass is 312 g/mol. The third-order valence-electron chi connectivity index (χ3n) is 2.86. The van der Waals surface area contributed by atoms with Gasteiger partial charge >= 0.3 is 0 Å². The number of amides is 1. The Hall–Kier alpha value is -1.49. The molecular weight excluding hydrogens is 299 g/mol. The smallest absolute Gasteiger partial charge is 0.287 e. The zero-order chi connectivity index (χ0) is 14.7. The molecule has 0 bridgehead atoms. The van der Waals surface area contributed by atoms with Crippen LogP contribution in [0.25, 0.3) is 0 Å². The highest BCUT2D eigenvalue weighted by Gasteiger charge is 2.16. The van der Waals surface area contributed by atoms with Crippen molar-refractivity contribution in [1.82, 2.24) is 5.32 Å². The Balaban J connectivity index is 2.10. The molecule has 1 amide bonds. The summed E-state index contributed by atoms with van der Waals surface area (Å²) < 4.78 is 5.29. The molecule has 0 aliphatic carbocycles. The molecule has 2 rings (SSSR count). The zero-order valence-electron chi connectivity index (χ0n) is 10.8. The maximum Gasteiger partial charge on any atom is 0.287 e. The predicted molar refractivity (Wildman–Crippen MR) is 78.9 cm³/mol. The fourth-order valence-corrected chi connectivity index (χ4v) is 2.38. The van der Waals surface area contributed by atoms with E-state index in [9.17, 15) is 4.79 Å². The van der Waals surface area contributed by atoms with Gasteiger partial charge in [-0.15, -0.1) is 0 Å². The average Bonchev–Trinajstić information content (AvgIpc) is 2.87. The number of nitrogens with one attached hydrogen (secondary N) is 1. The standard InChI is InChI=1S/C14H14Cl2N2O2/c1-8(11-4-2-9(15)6-12(11)16)18-14(19)13-5-3-10(7-17)20-13/h2-6,8H,7,17H2,1H3,(H,18,19). The highest BCUT2D eigenvalue weighted by Crippen LogP contribution is 2.26. The van der Waals surface area contributed by atoms with Crippen LogP contribution in [0.5, 0.6) is 0 Å². The van der Waals surface area contributed by atoms with Crippen LogP contribution in [0.3, 0.4) is 0 Å². The molecule has 3 N–H and O–H groups in total. The van der Waals surface area contributed by atoms with Crippen LogP contribution in [0, 0.1) is 0 Å². The van der Waals surface area contributed by atoms with Gasteiger partial charge in [-0.05, 0) is 36.8 Å². The minimum Gasteiger partial charge on any atom is -0.455 e. The van der Waals surface area contributed by atoms with Crippen LogP contribution >= 0.6 is 23.2 Å². The second-order valence-electron chi connectivity index (χ2n) is 4.33. The molecule has 4 nitrogen and oxygen atoms in total. The molecule has 0 spiro atoms. The molecule has 0 aliphatic heterocycles. The lowest BCUT2D eigenvalue weighted by molar-refractivity contribution is 0.0910. The fourth-order valence-electron chi connectivity index (χ4n) is 1.81. The van der Waals surface area contributed by atoms with Gasteiger partial charge in [0.2, 0.25) is 0 Å². The Labute approximate surface area is 126 Å². The summed E-state index contributed by atoms with van der Waals surface area (Å²) in [6.07, 6.45) is 0. The molecule has 0 saturated heterocycles. The Morgan fingerprint density at radius 3 is 2.70 bits per heavy atom. The molecule has 1 aromatic heterocycles. The number of benzene rings is 1. The lowest BCUT2D eigenvalue weighted by Crippen LogP contribution is -2.26. The van der Waals surface area contributed by atoms with E-state index in [0.29, 0.717) is 15.8 Å². The molecule has 0 saturated carbocycles. The van der Waals surface area contributed by atoms with Crippen molar-refractivity contribution in [2.45, 2.75) is 19.5 Å². The van der Waals surface area contributed by atoms with Crippen molar-refractivity contribution in [2.75, 3.05) is 0 Å². The predicted octanol–water partition coefficient (Wildman–Crippen LogP) is 3.54. The summed E-state index contributed by atoms with van der Waals surface area (Å²) in [6, 6.07) is 8.15. The van der Waals surface area contributed by atoms with Gasteiger partial charge in [0.15, 0.2) is 5.76 Å². The topological polar surface area (TPSA) is 68.3 Å². The second kappa shape index (κ2) is 6.31. The average molecular weight is 313 g/mol. The van der Waals surface area contributed by atoms with E-state index in [2.05, 4.69) is 5.32 Å². The number of hydrogen-bond acceptors (Lipinski definition) is 3. The van der Waals surface area contributed by atoms with Crippen molar-refractivity contribution in [2.24, 2.45) is 5.73 Å². The van der Waals surface area contributed by atoms with Gasteiger partial charge in [-0.3, -0.25) is 4.79 Å². The minimum absolute atomic E-state index is 0.224. The van der Waals surface area contributed by atoms with Crippen molar-refractivity contribution >= 4 is 29.1 Å². The van der Waals surface area contributed by atoms with E-state index in [1.165, 1.54) is 0 Å². The van der Waals surface area contributed by atoms with E-state index < -0.39 is 0 Å². The van der Waals surface area contributed by atoms with Crippen molar-refractivity contribution in [3.8, 4) is 0 Å². The molecule has 6 heteroatoms. The molecule has 2 aromatic rings. The van der Waals surface area contributed by atoms with Gasteiger partial charge in [-0.1, -0.05) is 29.3 Å². The summed E-state index contributed by atoms with van der Waals surface area (Å²) in [6.45, 7) is 2.09. The van der Waals surface area contributed by atoms with Crippen LogP contribution < -0.4 is 11.1 Å². The SMILES string of the molecule is CC(NC(=O)c1ccc(CN)o1)c1ccc(Cl)cc1Cl. The fraction of sp³-hybridized carbons (Fsp3) is 0.214. The molecular formula is C14H14Cl2N2O2. The zero-order valence-corrected chi connectivity index (χ0v) is 12.3. The molecule has 1 atom stereocenters. The van der Waals surface area contributed by atoms with Crippen molar-refractivity contribution < 1.29 is 9.21 Å².